The molecule has 30 heavy (non-hydrogen) atoms. The smallest absolute Gasteiger partial charge is 0.256 e. The fraction of sp³-hybridized carbons (Fsp3) is 0.500. The Morgan fingerprint density at radius 3 is 2.80 bits per heavy atom. The van der Waals surface area contributed by atoms with E-state index in [1.807, 2.05) is 36.5 Å². The van der Waals surface area contributed by atoms with Crippen molar-refractivity contribution in [1.29, 1.82) is 0 Å². The molecule has 0 radical (unpaired) electrons. The summed E-state index contributed by atoms with van der Waals surface area (Å²) < 4.78 is 29.4. The Labute approximate surface area is 174 Å². The fourth-order valence-corrected chi connectivity index (χ4v) is 4.97. The lowest BCUT2D eigenvalue weighted by Gasteiger charge is -2.21. The van der Waals surface area contributed by atoms with Gasteiger partial charge in [0.25, 0.3) is 5.92 Å². The second-order valence-corrected chi connectivity index (χ2v) is 8.81. The van der Waals surface area contributed by atoms with E-state index in [-0.39, 0.29) is 18.2 Å². The second kappa shape index (κ2) is 6.62. The lowest BCUT2D eigenvalue weighted by Crippen LogP contribution is -2.26. The van der Waals surface area contributed by atoms with E-state index < -0.39 is 11.3 Å². The molecule has 5 rings (SSSR count). The molecule has 3 fully saturated rings. The normalized spacial score (nSPS) is 27.1. The summed E-state index contributed by atoms with van der Waals surface area (Å²) in [6.07, 6.45) is 6.42. The van der Waals surface area contributed by atoms with Crippen LogP contribution in [0.1, 0.15) is 30.7 Å². The topological polar surface area (TPSA) is 54.3 Å². The van der Waals surface area contributed by atoms with Crippen LogP contribution >= 0.6 is 0 Å². The molecule has 2 aromatic rings. The van der Waals surface area contributed by atoms with Crippen LogP contribution in [0.3, 0.4) is 0 Å². The molecule has 0 unspecified atom stereocenters. The SMILES string of the molecule is C=CC(=O)N1CC[C@@H](c2cnc(N3CC[C@@]4(C3)CC4(F)F)cc2-c2ccn(C)n2)C1. The first-order chi connectivity index (χ1) is 14.3. The average Bonchev–Trinajstić information content (AvgIpc) is 3.27. The molecular weight excluding hydrogens is 388 g/mol. The van der Waals surface area contributed by atoms with E-state index in [4.69, 9.17) is 0 Å². The molecule has 6 nitrogen and oxygen atoms in total. The number of likely N-dealkylation sites (tertiary alicyclic amines) is 1. The molecule has 8 heteroatoms. The molecule has 1 saturated carbocycles. The highest BCUT2D eigenvalue weighted by Crippen LogP contribution is 2.65. The maximum atomic E-state index is 13.8. The molecule has 2 atom stereocenters. The number of amides is 1. The standard InChI is InChI=1S/C22H25F2N5O/c1-3-20(30)28-8-4-15(12-28)17-11-25-19(10-16(17)18-5-7-27(2)26-18)29-9-6-21(14-29)13-22(21,23)24/h3,5,7,10-11,15H,1,4,6,8-9,12-14H2,2H3/t15-,21+/m1/s1. The minimum absolute atomic E-state index is 0.0169. The quantitative estimate of drug-likeness (QED) is 0.723. The highest BCUT2D eigenvalue weighted by atomic mass is 19.3. The molecular formula is C22H25F2N5O. The summed E-state index contributed by atoms with van der Waals surface area (Å²) in [5, 5.41) is 4.57. The zero-order valence-electron chi connectivity index (χ0n) is 17.0. The molecule has 2 saturated heterocycles. The van der Waals surface area contributed by atoms with Gasteiger partial charge in [-0.05, 0) is 36.6 Å². The van der Waals surface area contributed by atoms with Crippen molar-refractivity contribution in [3.63, 3.8) is 0 Å². The predicted octanol–water partition coefficient (Wildman–Crippen LogP) is 3.22. The number of rotatable bonds is 4. The van der Waals surface area contributed by atoms with Gasteiger partial charge in [0.05, 0.1) is 11.1 Å². The molecule has 3 aliphatic rings. The summed E-state index contributed by atoms with van der Waals surface area (Å²) in [5.41, 5.74) is 1.97. The Morgan fingerprint density at radius 1 is 1.37 bits per heavy atom. The molecule has 1 aliphatic carbocycles. The molecule has 1 amide bonds. The molecule has 4 heterocycles. The summed E-state index contributed by atoms with van der Waals surface area (Å²) in [5.74, 6) is -1.73. The molecule has 158 valence electrons. The number of alkyl halides is 2. The van der Waals surface area contributed by atoms with Gasteiger partial charge in [0.2, 0.25) is 5.91 Å². The Kier molecular flexibility index (Phi) is 4.24. The van der Waals surface area contributed by atoms with Gasteiger partial charge >= 0.3 is 0 Å². The van der Waals surface area contributed by atoms with Crippen LogP contribution in [0.4, 0.5) is 14.6 Å². The number of aromatic nitrogens is 3. The van der Waals surface area contributed by atoms with E-state index in [9.17, 15) is 13.6 Å². The van der Waals surface area contributed by atoms with Crippen molar-refractivity contribution < 1.29 is 13.6 Å². The minimum atomic E-state index is -2.55. The average molecular weight is 413 g/mol. The Balaban J connectivity index is 1.46. The molecule has 1 spiro atoms. The first-order valence-electron chi connectivity index (χ1n) is 10.4. The molecule has 2 aromatic heterocycles. The molecule has 0 aromatic carbocycles. The first kappa shape index (κ1) is 19.2. The Morgan fingerprint density at radius 2 is 2.17 bits per heavy atom. The van der Waals surface area contributed by atoms with Crippen LogP contribution in [0, 0.1) is 5.41 Å². The highest BCUT2D eigenvalue weighted by Gasteiger charge is 2.72. The van der Waals surface area contributed by atoms with Gasteiger partial charge in [-0.15, -0.1) is 0 Å². The monoisotopic (exact) mass is 413 g/mol. The van der Waals surface area contributed by atoms with Gasteiger partial charge in [-0.2, -0.15) is 5.10 Å². The third kappa shape index (κ3) is 3.00. The highest BCUT2D eigenvalue weighted by molar-refractivity contribution is 5.87. The number of halogens is 2. The summed E-state index contributed by atoms with van der Waals surface area (Å²) in [4.78, 5) is 20.4. The van der Waals surface area contributed by atoms with Crippen LogP contribution in [0.5, 0.6) is 0 Å². The van der Waals surface area contributed by atoms with Crippen molar-refractivity contribution in [1.82, 2.24) is 19.7 Å². The first-order valence-corrected chi connectivity index (χ1v) is 10.4. The van der Waals surface area contributed by atoms with E-state index in [0.29, 0.717) is 32.6 Å². The van der Waals surface area contributed by atoms with Crippen molar-refractivity contribution in [2.75, 3.05) is 31.1 Å². The lowest BCUT2D eigenvalue weighted by molar-refractivity contribution is -0.125. The zero-order chi connectivity index (χ0) is 21.1. The minimum Gasteiger partial charge on any atom is -0.356 e. The Hall–Kier alpha value is -2.77. The van der Waals surface area contributed by atoms with Crippen LogP contribution in [-0.4, -0.2) is 57.7 Å². The number of carbonyl (C=O) groups excluding carboxylic acids is 1. The van der Waals surface area contributed by atoms with Crippen LogP contribution in [0.15, 0.2) is 37.2 Å². The largest absolute Gasteiger partial charge is 0.356 e. The van der Waals surface area contributed by atoms with Crippen molar-refractivity contribution in [2.45, 2.75) is 31.1 Å². The number of anilines is 1. The summed E-state index contributed by atoms with van der Waals surface area (Å²) in [6, 6.07) is 3.93. The van der Waals surface area contributed by atoms with Crippen molar-refractivity contribution in [3.05, 3.63) is 42.7 Å². The van der Waals surface area contributed by atoms with Gasteiger partial charge in [0.1, 0.15) is 5.82 Å². The molecule has 2 aliphatic heterocycles. The van der Waals surface area contributed by atoms with Crippen LogP contribution in [0.2, 0.25) is 0 Å². The zero-order valence-corrected chi connectivity index (χ0v) is 17.0. The predicted molar refractivity (Wildman–Crippen MR) is 109 cm³/mol. The number of hydrogen-bond donors (Lipinski definition) is 0. The van der Waals surface area contributed by atoms with E-state index in [2.05, 4.69) is 16.7 Å². The number of hydrogen-bond acceptors (Lipinski definition) is 4. The lowest BCUT2D eigenvalue weighted by atomic mass is 9.93. The fourth-order valence-electron chi connectivity index (χ4n) is 4.97. The summed E-state index contributed by atoms with van der Waals surface area (Å²) in [7, 11) is 1.87. The number of pyridine rings is 1. The molecule has 0 N–H and O–H groups in total. The van der Waals surface area contributed by atoms with Gasteiger partial charge < -0.3 is 9.80 Å². The van der Waals surface area contributed by atoms with Gasteiger partial charge in [0, 0.05) is 63.5 Å². The Bertz CT molecular complexity index is 1020. The van der Waals surface area contributed by atoms with Crippen molar-refractivity contribution in [2.24, 2.45) is 12.5 Å². The second-order valence-electron chi connectivity index (χ2n) is 8.81. The third-order valence-electron chi connectivity index (χ3n) is 6.91. The molecule has 0 bridgehead atoms. The van der Waals surface area contributed by atoms with Crippen LogP contribution < -0.4 is 4.90 Å². The van der Waals surface area contributed by atoms with E-state index in [0.717, 1.165) is 29.1 Å². The van der Waals surface area contributed by atoms with Gasteiger partial charge in [-0.25, -0.2) is 13.8 Å². The number of nitrogens with zero attached hydrogens (tertiary/aromatic N) is 5. The van der Waals surface area contributed by atoms with Crippen LogP contribution in [0.25, 0.3) is 11.3 Å². The van der Waals surface area contributed by atoms with E-state index >= 15 is 0 Å². The summed E-state index contributed by atoms with van der Waals surface area (Å²) in [6.45, 7) is 5.82. The summed E-state index contributed by atoms with van der Waals surface area (Å²) >= 11 is 0. The van der Waals surface area contributed by atoms with Crippen molar-refractivity contribution >= 4 is 11.7 Å². The van der Waals surface area contributed by atoms with Crippen LogP contribution in [-0.2, 0) is 11.8 Å². The maximum Gasteiger partial charge on any atom is 0.256 e. The number of carbonyl (C=O) groups is 1. The van der Waals surface area contributed by atoms with Gasteiger partial charge in [-0.1, -0.05) is 6.58 Å². The third-order valence-corrected chi connectivity index (χ3v) is 6.91. The number of aryl methyl sites for hydroxylation is 1. The van der Waals surface area contributed by atoms with Gasteiger partial charge in [-0.3, -0.25) is 9.48 Å². The van der Waals surface area contributed by atoms with E-state index in [1.54, 1.807) is 9.58 Å². The van der Waals surface area contributed by atoms with Gasteiger partial charge in [0.15, 0.2) is 0 Å². The maximum absolute atomic E-state index is 13.8. The van der Waals surface area contributed by atoms with E-state index in [1.165, 1.54) is 6.08 Å². The van der Waals surface area contributed by atoms with Crippen molar-refractivity contribution in [3.8, 4) is 11.3 Å².